The molecule has 1 aliphatic carbocycles. The van der Waals surface area contributed by atoms with Crippen LogP contribution in [0.3, 0.4) is 0 Å². The number of nitrogens with zero attached hydrogens (tertiary/aromatic N) is 2. The van der Waals surface area contributed by atoms with E-state index < -0.39 is 0 Å². The van der Waals surface area contributed by atoms with Crippen molar-refractivity contribution in [3.8, 4) is 0 Å². The van der Waals surface area contributed by atoms with Gasteiger partial charge in [-0.3, -0.25) is 9.89 Å². The Bertz CT molecular complexity index is 628. The van der Waals surface area contributed by atoms with Crippen molar-refractivity contribution in [1.29, 1.82) is 0 Å². The van der Waals surface area contributed by atoms with Gasteiger partial charge in [-0.25, -0.2) is 4.39 Å². The Morgan fingerprint density at radius 3 is 2.62 bits per heavy atom. The summed E-state index contributed by atoms with van der Waals surface area (Å²) in [5.41, 5.74) is 1.10. The summed E-state index contributed by atoms with van der Waals surface area (Å²) in [7, 11) is 0. The third kappa shape index (κ3) is 7.56. The van der Waals surface area contributed by atoms with Crippen molar-refractivity contribution in [2.75, 3.05) is 45.6 Å². The van der Waals surface area contributed by atoms with Gasteiger partial charge < -0.3 is 15.4 Å². The second-order valence-corrected chi connectivity index (χ2v) is 8.59. The SMILES string of the molecule is CCNC(=NCC(c1ccc(F)cc1)N1CCOCC1)NC1CCC(SC)C1.I. The molecule has 1 aromatic carbocycles. The lowest BCUT2D eigenvalue weighted by Gasteiger charge is -2.34. The summed E-state index contributed by atoms with van der Waals surface area (Å²) in [6.45, 7) is 6.79. The minimum absolute atomic E-state index is 0. The topological polar surface area (TPSA) is 48.9 Å². The molecular formula is C21H34FIN4OS. The molecule has 3 unspecified atom stereocenters. The van der Waals surface area contributed by atoms with Crippen molar-refractivity contribution in [2.24, 2.45) is 4.99 Å². The number of guanidine groups is 1. The Balaban J connectivity index is 0.00000300. The molecule has 0 bridgehead atoms. The van der Waals surface area contributed by atoms with E-state index in [9.17, 15) is 4.39 Å². The van der Waals surface area contributed by atoms with Gasteiger partial charge in [0.15, 0.2) is 5.96 Å². The van der Waals surface area contributed by atoms with Crippen LogP contribution in [0.15, 0.2) is 29.3 Å². The zero-order valence-electron chi connectivity index (χ0n) is 17.4. The summed E-state index contributed by atoms with van der Waals surface area (Å²) in [5.74, 6) is 0.683. The predicted octanol–water partition coefficient (Wildman–Crippen LogP) is 3.66. The molecular weight excluding hydrogens is 502 g/mol. The van der Waals surface area contributed by atoms with Gasteiger partial charge in [0.1, 0.15) is 5.82 Å². The van der Waals surface area contributed by atoms with Crippen LogP contribution in [0.2, 0.25) is 0 Å². The Morgan fingerprint density at radius 1 is 1.28 bits per heavy atom. The summed E-state index contributed by atoms with van der Waals surface area (Å²) >= 11 is 1.96. The number of aliphatic imine (C=N–C) groups is 1. The highest BCUT2D eigenvalue weighted by Crippen LogP contribution is 2.28. The maximum absolute atomic E-state index is 13.4. The van der Waals surface area contributed by atoms with Gasteiger partial charge in [-0.1, -0.05) is 12.1 Å². The molecule has 5 nitrogen and oxygen atoms in total. The summed E-state index contributed by atoms with van der Waals surface area (Å²) in [5, 5.41) is 7.76. The van der Waals surface area contributed by atoms with Gasteiger partial charge >= 0.3 is 0 Å². The monoisotopic (exact) mass is 536 g/mol. The second-order valence-electron chi connectivity index (χ2n) is 7.45. The Labute approximate surface area is 195 Å². The smallest absolute Gasteiger partial charge is 0.191 e. The fraction of sp³-hybridized carbons (Fsp3) is 0.667. The van der Waals surface area contributed by atoms with Crippen LogP contribution >= 0.6 is 35.7 Å². The maximum atomic E-state index is 13.4. The van der Waals surface area contributed by atoms with Crippen molar-refractivity contribution in [3.05, 3.63) is 35.6 Å². The van der Waals surface area contributed by atoms with Crippen LogP contribution in [0.5, 0.6) is 0 Å². The van der Waals surface area contributed by atoms with E-state index in [4.69, 9.17) is 9.73 Å². The first kappa shape index (κ1) is 24.7. The first-order chi connectivity index (χ1) is 13.7. The number of benzene rings is 1. The molecule has 2 N–H and O–H groups in total. The average Bonchev–Trinajstić information content (AvgIpc) is 3.18. The number of thioether (sulfide) groups is 1. The lowest BCUT2D eigenvalue weighted by atomic mass is 10.0. The van der Waals surface area contributed by atoms with Crippen LogP contribution in [0.25, 0.3) is 0 Å². The summed E-state index contributed by atoms with van der Waals surface area (Å²) in [6, 6.07) is 7.45. The van der Waals surface area contributed by atoms with E-state index in [-0.39, 0.29) is 35.8 Å². The third-order valence-electron chi connectivity index (χ3n) is 5.57. The molecule has 0 radical (unpaired) electrons. The molecule has 1 saturated carbocycles. The molecule has 0 aromatic heterocycles. The van der Waals surface area contributed by atoms with Gasteiger partial charge in [0.25, 0.3) is 0 Å². The maximum Gasteiger partial charge on any atom is 0.191 e. The standard InChI is InChI=1S/C21H33FN4OS.HI/c1-3-23-21(25-18-8-9-19(14-18)28-2)24-15-20(26-10-12-27-13-11-26)16-4-6-17(22)7-5-16;/h4-7,18-20H,3,8-15H2,1-2H3,(H2,23,24,25);1H. The number of rotatable bonds is 7. The van der Waals surface area contributed by atoms with E-state index in [1.54, 1.807) is 0 Å². The van der Waals surface area contributed by atoms with E-state index in [1.807, 2.05) is 23.9 Å². The number of hydrogen-bond donors (Lipinski definition) is 2. The molecule has 0 amide bonds. The molecule has 0 spiro atoms. The number of ether oxygens (including phenoxy) is 1. The fourth-order valence-electron chi connectivity index (χ4n) is 3.98. The van der Waals surface area contributed by atoms with Gasteiger partial charge in [0.05, 0.1) is 25.8 Å². The van der Waals surface area contributed by atoms with E-state index in [0.717, 1.165) is 49.6 Å². The van der Waals surface area contributed by atoms with Crippen molar-refractivity contribution < 1.29 is 9.13 Å². The molecule has 29 heavy (non-hydrogen) atoms. The zero-order valence-corrected chi connectivity index (χ0v) is 20.5. The van der Waals surface area contributed by atoms with Crippen molar-refractivity contribution in [3.63, 3.8) is 0 Å². The van der Waals surface area contributed by atoms with Crippen molar-refractivity contribution in [2.45, 2.75) is 43.5 Å². The normalized spacial score (nSPS) is 24.0. The largest absolute Gasteiger partial charge is 0.379 e. The van der Waals surface area contributed by atoms with Crippen LogP contribution < -0.4 is 10.6 Å². The van der Waals surface area contributed by atoms with Crippen molar-refractivity contribution >= 4 is 41.7 Å². The van der Waals surface area contributed by atoms with Gasteiger partial charge in [0.2, 0.25) is 0 Å². The van der Waals surface area contributed by atoms with Crippen LogP contribution in [0.1, 0.15) is 37.8 Å². The zero-order chi connectivity index (χ0) is 19.8. The molecule has 164 valence electrons. The quantitative estimate of drug-likeness (QED) is 0.317. The highest BCUT2D eigenvalue weighted by Gasteiger charge is 2.25. The van der Waals surface area contributed by atoms with E-state index >= 15 is 0 Å². The van der Waals surface area contributed by atoms with E-state index in [1.165, 1.54) is 31.4 Å². The predicted molar refractivity (Wildman–Crippen MR) is 131 cm³/mol. The van der Waals surface area contributed by atoms with Gasteiger partial charge in [-0.05, 0) is 50.1 Å². The third-order valence-corrected chi connectivity index (χ3v) is 6.66. The highest BCUT2D eigenvalue weighted by atomic mass is 127. The number of morpholine rings is 1. The number of halogens is 2. The Kier molecular flexibility index (Phi) is 11.0. The first-order valence-electron chi connectivity index (χ1n) is 10.3. The minimum atomic E-state index is -0.201. The van der Waals surface area contributed by atoms with Crippen LogP contribution in [-0.2, 0) is 4.74 Å². The lowest BCUT2D eigenvalue weighted by Crippen LogP contribution is -2.44. The first-order valence-corrected chi connectivity index (χ1v) is 11.6. The molecule has 1 heterocycles. The number of nitrogens with one attached hydrogen (secondary N) is 2. The Morgan fingerprint density at radius 2 is 2.00 bits per heavy atom. The van der Waals surface area contributed by atoms with Gasteiger partial charge in [0, 0.05) is 30.9 Å². The summed E-state index contributed by atoms with van der Waals surface area (Å²) in [4.78, 5) is 7.31. The molecule has 1 saturated heterocycles. The van der Waals surface area contributed by atoms with Crippen molar-refractivity contribution in [1.82, 2.24) is 15.5 Å². The van der Waals surface area contributed by atoms with Gasteiger partial charge in [-0.2, -0.15) is 11.8 Å². The van der Waals surface area contributed by atoms with Gasteiger partial charge in [-0.15, -0.1) is 24.0 Å². The van der Waals surface area contributed by atoms with Crippen LogP contribution in [0, 0.1) is 5.82 Å². The molecule has 2 aliphatic rings. The molecule has 3 rings (SSSR count). The molecule has 8 heteroatoms. The van der Waals surface area contributed by atoms with Crippen LogP contribution in [0.4, 0.5) is 4.39 Å². The fourth-order valence-corrected chi connectivity index (χ4v) is 4.78. The summed E-state index contributed by atoms with van der Waals surface area (Å²) < 4.78 is 18.9. The Hall–Kier alpha value is -0.580. The number of hydrogen-bond acceptors (Lipinski definition) is 4. The lowest BCUT2D eigenvalue weighted by molar-refractivity contribution is 0.0179. The highest BCUT2D eigenvalue weighted by molar-refractivity contribution is 14.0. The molecule has 3 atom stereocenters. The second kappa shape index (κ2) is 13.0. The van der Waals surface area contributed by atoms with E-state index in [2.05, 4.69) is 28.7 Å². The molecule has 2 fully saturated rings. The average molecular weight is 536 g/mol. The molecule has 1 aliphatic heterocycles. The minimum Gasteiger partial charge on any atom is -0.379 e. The van der Waals surface area contributed by atoms with E-state index in [0.29, 0.717) is 12.6 Å². The van der Waals surface area contributed by atoms with Crippen LogP contribution in [-0.4, -0.2) is 67.8 Å². The molecule has 1 aromatic rings. The summed E-state index contributed by atoms with van der Waals surface area (Å²) in [6.07, 6.45) is 5.85.